The van der Waals surface area contributed by atoms with E-state index in [2.05, 4.69) is 26.1 Å². The van der Waals surface area contributed by atoms with E-state index in [9.17, 15) is 9.18 Å². The predicted molar refractivity (Wildman–Crippen MR) is 85.6 cm³/mol. The van der Waals surface area contributed by atoms with Crippen LogP contribution in [0.3, 0.4) is 0 Å². The number of aryl methyl sites for hydroxylation is 1. The number of halogens is 1. The third-order valence-electron chi connectivity index (χ3n) is 3.86. The summed E-state index contributed by atoms with van der Waals surface area (Å²) in [5.41, 5.74) is 6.94. The summed E-state index contributed by atoms with van der Waals surface area (Å²) in [6, 6.07) is 4.70. The van der Waals surface area contributed by atoms with Crippen molar-refractivity contribution < 1.29 is 9.18 Å². The lowest BCUT2D eigenvalue weighted by Gasteiger charge is -2.30. The Morgan fingerprint density at radius 3 is 2.57 bits per heavy atom. The van der Waals surface area contributed by atoms with Gasteiger partial charge in [-0.25, -0.2) is 4.39 Å². The first-order valence-corrected chi connectivity index (χ1v) is 7.50. The minimum absolute atomic E-state index is 0.119. The van der Waals surface area contributed by atoms with Gasteiger partial charge in [0.2, 0.25) is 5.91 Å². The summed E-state index contributed by atoms with van der Waals surface area (Å²) in [5, 5.41) is 2.65. The Balaban J connectivity index is 2.59. The van der Waals surface area contributed by atoms with Gasteiger partial charge in [0.1, 0.15) is 5.82 Å². The van der Waals surface area contributed by atoms with E-state index in [0.717, 1.165) is 18.4 Å². The van der Waals surface area contributed by atoms with Gasteiger partial charge in [0.15, 0.2) is 0 Å². The molecule has 1 amide bonds. The molecule has 118 valence electrons. The van der Waals surface area contributed by atoms with Crippen LogP contribution in [0.25, 0.3) is 0 Å². The van der Waals surface area contributed by atoms with E-state index in [1.807, 2.05) is 6.92 Å². The maximum Gasteiger partial charge on any atom is 0.224 e. The summed E-state index contributed by atoms with van der Waals surface area (Å²) in [4.78, 5) is 12.0. The smallest absolute Gasteiger partial charge is 0.224 e. The molecule has 1 rings (SSSR count). The molecule has 0 aliphatic heterocycles. The van der Waals surface area contributed by atoms with Crippen LogP contribution in [0.15, 0.2) is 18.2 Å². The highest BCUT2D eigenvalue weighted by Crippen LogP contribution is 2.32. The van der Waals surface area contributed by atoms with Gasteiger partial charge in [-0.3, -0.25) is 4.79 Å². The third-order valence-corrected chi connectivity index (χ3v) is 3.86. The molecule has 3 N–H and O–H groups in total. The zero-order valence-corrected chi connectivity index (χ0v) is 13.5. The lowest BCUT2D eigenvalue weighted by Crippen LogP contribution is -2.25. The van der Waals surface area contributed by atoms with Crippen LogP contribution in [-0.4, -0.2) is 12.5 Å². The second-order valence-corrected chi connectivity index (χ2v) is 6.71. The summed E-state index contributed by atoms with van der Waals surface area (Å²) < 4.78 is 13.6. The molecule has 0 heterocycles. The van der Waals surface area contributed by atoms with E-state index in [4.69, 9.17) is 5.73 Å². The van der Waals surface area contributed by atoms with Crippen molar-refractivity contribution in [2.24, 2.45) is 17.1 Å². The molecule has 0 bridgehead atoms. The Morgan fingerprint density at radius 1 is 1.33 bits per heavy atom. The van der Waals surface area contributed by atoms with Gasteiger partial charge in [0.25, 0.3) is 0 Å². The summed E-state index contributed by atoms with van der Waals surface area (Å²) in [7, 11) is 0. The molecule has 3 nitrogen and oxygen atoms in total. The van der Waals surface area contributed by atoms with Crippen molar-refractivity contribution in [1.29, 1.82) is 0 Å². The number of carbonyl (C=O) groups excluding carboxylic acids is 1. The lowest BCUT2D eigenvalue weighted by molar-refractivity contribution is -0.116. The lowest BCUT2D eigenvalue weighted by atomic mass is 9.76. The van der Waals surface area contributed by atoms with E-state index in [1.54, 1.807) is 12.1 Å². The number of rotatable bonds is 6. The molecular weight excluding hydrogens is 267 g/mol. The van der Waals surface area contributed by atoms with Crippen molar-refractivity contribution in [2.75, 3.05) is 11.9 Å². The van der Waals surface area contributed by atoms with Crippen molar-refractivity contribution in [3.8, 4) is 0 Å². The Kier molecular flexibility index (Phi) is 6.34. The first-order valence-electron chi connectivity index (χ1n) is 7.50. The van der Waals surface area contributed by atoms with Crippen molar-refractivity contribution in [1.82, 2.24) is 0 Å². The molecule has 0 spiro atoms. The Morgan fingerprint density at radius 2 is 2.00 bits per heavy atom. The third kappa shape index (κ3) is 5.84. The zero-order valence-electron chi connectivity index (χ0n) is 13.5. The molecule has 1 aromatic carbocycles. The number of benzene rings is 1. The standard InChI is InChI=1S/C17H27FN2O/c1-12-5-7-14(18)15(11-12)20-16(21)8-6-13(9-10-19)17(2,3)4/h5,7,11,13H,6,8-10,19H2,1-4H3,(H,20,21). The summed E-state index contributed by atoms with van der Waals surface area (Å²) in [5.74, 6) is -0.162. The first-order chi connectivity index (χ1) is 9.74. The average Bonchev–Trinajstić information content (AvgIpc) is 2.37. The minimum Gasteiger partial charge on any atom is -0.330 e. The minimum atomic E-state index is -0.400. The van der Waals surface area contributed by atoms with Crippen LogP contribution in [0, 0.1) is 24.1 Å². The summed E-state index contributed by atoms with van der Waals surface area (Å²) >= 11 is 0. The fourth-order valence-electron chi connectivity index (χ4n) is 2.46. The van der Waals surface area contributed by atoms with E-state index in [1.165, 1.54) is 6.07 Å². The number of amides is 1. The average molecular weight is 294 g/mol. The van der Waals surface area contributed by atoms with E-state index in [-0.39, 0.29) is 17.0 Å². The van der Waals surface area contributed by atoms with E-state index >= 15 is 0 Å². The van der Waals surface area contributed by atoms with E-state index < -0.39 is 5.82 Å². The molecule has 0 aliphatic rings. The Bertz CT molecular complexity index is 480. The van der Waals surface area contributed by atoms with Gasteiger partial charge < -0.3 is 11.1 Å². The number of hydrogen-bond acceptors (Lipinski definition) is 2. The highest BCUT2D eigenvalue weighted by atomic mass is 19.1. The van der Waals surface area contributed by atoms with Crippen molar-refractivity contribution in [3.63, 3.8) is 0 Å². The highest BCUT2D eigenvalue weighted by Gasteiger charge is 2.24. The van der Waals surface area contributed by atoms with Gasteiger partial charge >= 0.3 is 0 Å². The number of nitrogens with one attached hydrogen (secondary N) is 1. The topological polar surface area (TPSA) is 55.1 Å². The molecule has 1 aromatic rings. The number of hydrogen-bond donors (Lipinski definition) is 2. The molecule has 1 atom stereocenters. The van der Waals surface area contributed by atoms with Gasteiger partial charge in [-0.2, -0.15) is 0 Å². The van der Waals surface area contributed by atoms with Crippen LogP contribution in [0.5, 0.6) is 0 Å². The molecule has 4 heteroatoms. The van der Waals surface area contributed by atoms with E-state index in [0.29, 0.717) is 18.9 Å². The van der Waals surface area contributed by atoms with Gasteiger partial charge in [0, 0.05) is 6.42 Å². The fraction of sp³-hybridized carbons (Fsp3) is 0.588. The van der Waals surface area contributed by atoms with Crippen molar-refractivity contribution in [3.05, 3.63) is 29.6 Å². The molecule has 0 saturated heterocycles. The number of carbonyl (C=O) groups is 1. The summed E-state index contributed by atoms with van der Waals surface area (Å²) in [6.07, 6.45) is 2.05. The van der Waals surface area contributed by atoms with Crippen LogP contribution in [-0.2, 0) is 4.79 Å². The van der Waals surface area contributed by atoms with Crippen LogP contribution < -0.4 is 11.1 Å². The zero-order chi connectivity index (χ0) is 16.0. The first kappa shape index (κ1) is 17.6. The molecule has 1 unspecified atom stereocenters. The number of anilines is 1. The molecule has 0 radical (unpaired) electrons. The SMILES string of the molecule is Cc1ccc(F)c(NC(=O)CCC(CCN)C(C)(C)C)c1. The molecule has 0 aromatic heterocycles. The molecule has 0 saturated carbocycles. The Labute approximate surface area is 127 Å². The van der Waals surface area contributed by atoms with Gasteiger partial charge in [-0.1, -0.05) is 26.8 Å². The second-order valence-electron chi connectivity index (χ2n) is 6.71. The maximum absolute atomic E-state index is 13.6. The van der Waals surface area contributed by atoms with Crippen LogP contribution in [0.2, 0.25) is 0 Å². The second kappa shape index (κ2) is 7.55. The predicted octanol–water partition coefficient (Wildman–Crippen LogP) is 3.86. The maximum atomic E-state index is 13.6. The molecule has 0 aliphatic carbocycles. The largest absolute Gasteiger partial charge is 0.330 e. The van der Waals surface area contributed by atoms with Crippen LogP contribution in [0.1, 0.15) is 45.6 Å². The number of nitrogens with two attached hydrogens (primary N) is 1. The van der Waals surface area contributed by atoms with Crippen molar-refractivity contribution >= 4 is 11.6 Å². The highest BCUT2D eigenvalue weighted by molar-refractivity contribution is 5.90. The van der Waals surface area contributed by atoms with Crippen LogP contribution >= 0.6 is 0 Å². The summed E-state index contributed by atoms with van der Waals surface area (Å²) in [6.45, 7) is 8.96. The van der Waals surface area contributed by atoms with Gasteiger partial charge in [-0.05, 0) is 55.3 Å². The fourth-order valence-corrected chi connectivity index (χ4v) is 2.46. The molecule has 21 heavy (non-hydrogen) atoms. The van der Waals surface area contributed by atoms with Gasteiger partial charge in [-0.15, -0.1) is 0 Å². The Hall–Kier alpha value is -1.42. The van der Waals surface area contributed by atoms with Crippen molar-refractivity contribution in [2.45, 2.75) is 47.0 Å². The quantitative estimate of drug-likeness (QED) is 0.837. The van der Waals surface area contributed by atoms with Gasteiger partial charge in [0.05, 0.1) is 5.69 Å². The molecular formula is C17H27FN2O. The van der Waals surface area contributed by atoms with Crippen LogP contribution in [0.4, 0.5) is 10.1 Å². The normalized spacial score (nSPS) is 13.0. The monoisotopic (exact) mass is 294 g/mol. The molecule has 0 fully saturated rings.